The Morgan fingerprint density at radius 1 is 1.06 bits per heavy atom. The van der Waals surface area contributed by atoms with Gasteiger partial charge in [-0.15, -0.1) is 0 Å². The third-order valence-electron chi connectivity index (χ3n) is 9.98. The van der Waals surface area contributed by atoms with Crippen LogP contribution in [0.3, 0.4) is 0 Å². The van der Waals surface area contributed by atoms with Crippen LogP contribution in [0.5, 0.6) is 0 Å². The van der Waals surface area contributed by atoms with E-state index in [0.717, 1.165) is 0 Å². The second-order valence-electron chi connectivity index (χ2n) is 13.9. The molecule has 0 spiro atoms. The van der Waals surface area contributed by atoms with Gasteiger partial charge in [-0.25, -0.2) is 13.8 Å². The summed E-state index contributed by atoms with van der Waals surface area (Å²) in [5.74, 6) is -3.20. The maximum absolute atomic E-state index is 15.5. The average Bonchev–Trinajstić information content (AvgIpc) is 3.77. The minimum Gasteiger partial charge on any atom is -0.385 e. The van der Waals surface area contributed by atoms with Crippen molar-refractivity contribution in [2.45, 2.75) is 25.6 Å². The van der Waals surface area contributed by atoms with Crippen molar-refractivity contribution >= 4 is 35.0 Å². The maximum Gasteiger partial charge on any atom is 0.291 e. The van der Waals surface area contributed by atoms with Gasteiger partial charge in [0.1, 0.15) is 12.6 Å². The number of anilines is 1. The van der Waals surface area contributed by atoms with Crippen LogP contribution in [0.1, 0.15) is 26.7 Å². The number of halogens is 3. The van der Waals surface area contributed by atoms with Crippen LogP contribution in [-0.2, 0) is 23.1 Å². The van der Waals surface area contributed by atoms with Crippen LogP contribution in [-0.4, -0.2) is 135 Å². The van der Waals surface area contributed by atoms with Crippen molar-refractivity contribution in [1.82, 2.24) is 29.1 Å². The molecule has 2 fully saturated rings. The summed E-state index contributed by atoms with van der Waals surface area (Å²) in [5, 5.41) is 17.2. The lowest BCUT2D eigenvalue weighted by atomic mass is 10.0. The molecule has 2 aromatic heterocycles. The average molecular weight is 755 g/mol. The molecule has 2 aromatic carbocycles. The fourth-order valence-electron chi connectivity index (χ4n) is 7.04. The van der Waals surface area contributed by atoms with E-state index in [9.17, 15) is 19.5 Å². The molecular weight excluding hydrogens is 712 g/mol. The van der Waals surface area contributed by atoms with Crippen molar-refractivity contribution < 1.29 is 37.5 Å². The first-order chi connectivity index (χ1) is 25.2. The van der Waals surface area contributed by atoms with Gasteiger partial charge in [-0.3, -0.25) is 19.1 Å². The number of aliphatic hydroxyl groups excluding tert-OH is 1. The van der Waals surface area contributed by atoms with Gasteiger partial charge in [0.15, 0.2) is 24.0 Å². The molecule has 0 radical (unpaired) electrons. The lowest BCUT2D eigenvalue weighted by molar-refractivity contribution is -0.891. The number of aliphatic hydroxyl groups is 1. The molecule has 2 aliphatic heterocycles. The van der Waals surface area contributed by atoms with E-state index in [-0.39, 0.29) is 57.6 Å². The monoisotopic (exact) mass is 754 g/mol. The van der Waals surface area contributed by atoms with Gasteiger partial charge in [-0.1, -0.05) is 17.7 Å². The fraction of sp³-hybridized carbons (Fsp3) is 0.417. The highest BCUT2D eigenvalue weighted by atomic mass is 35.5. The van der Waals surface area contributed by atoms with Crippen molar-refractivity contribution in [3.63, 3.8) is 0 Å². The third kappa shape index (κ3) is 7.82. The predicted molar refractivity (Wildman–Crippen MR) is 193 cm³/mol. The van der Waals surface area contributed by atoms with E-state index in [1.54, 1.807) is 34.7 Å². The standard InChI is InChI=1S/C36H42ClF2N9O5/c1-21-26(17-47(43-21)13-14-53-4)23-7-8-25(33(39)32(23)38)29-16-41-34(44(29)2)35(51)42-22-5-6-24(27(37)15-22)36(52)46-11-9-45(10-12-46)31(50)20-48(3)18-28(40)30(49)19-48/h5-8,15-17,28,30,49H,9-14,18-20,40H2,1-4H3/p+1/t28-,30-,48?/m1/s1. The van der Waals surface area contributed by atoms with E-state index in [1.807, 2.05) is 7.05 Å². The van der Waals surface area contributed by atoms with Gasteiger partial charge in [0.25, 0.3) is 17.7 Å². The van der Waals surface area contributed by atoms with Gasteiger partial charge >= 0.3 is 0 Å². The van der Waals surface area contributed by atoms with Crippen LogP contribution in [0, 0.1) is 18.6 Å². The summed E-state index contributed by atoms with van der Waals surface area (Å²) in [6.07, 6.45) is 2.29. The minimum absolute atomic E-state index is 0.0532. The molecule has 2 aliphatic rings. The number of aromatic nitrogens is 4. The van der Waals surface area contributed by atoms with Crippen LogP contribution in [0.2, 0.25) is 5.02 Å². The number of piperazine rings is 1. The van der Waals surface area contributed by atoms with Crippen LogP contribution < -0.4 is 11.1 Å². The summed E-state index contributed by atoms with van der Waals surface area (Å²) >= 11 is 6.52. The smallest absolute Gasteiger partial charge is 0.291 e. The lowest BCUT2D eigenvalue weighted by Gasteiger charge is -2.37. The molecule has 0 saturated carbocycles. The number of nitrogens with one attached hydrogen (secondary N) is 1. The number of quaternary nitrogens is 1. The van der Waals surface area contributed by atoms with Gasteiger partial charge in [0, 0.05) is 68.9 Å². The molecule has 4 aromatic rings. The van der Waals surface area contributed by atoms with Crippen molar-refractivity contribution in [3.8, 4) is 22.4 Å². The Hall–Kier alpha value is -4.74. The highest BCUT2D eigenvalue weighted by Gasteiger charge is 2.42. The number of carbonyl (C=O) groups is 3. The SMILES string of the molecule is COCCn1cc(-c2ccc(-c3cnc(C(=O)Nc4ccc(C(=O)N5CCN(C(=O)C[N+]6(C)C[C@@H](N)[C@H](O)C6)CC5)c(Cl)c4)n3C)c(F)c2F)c(C)n1. The summed E-state index contributed by atoms with van der Waals surface area (Å²) < 4.78 is 39.4. The summed E-state index contributed by atoms with van der Waals surface area (Å²) in [6, 6.07) is 7.04. The van der Waals surface area contributed by atoms with Gasteiger partial charge < -0.3 is 39.7 Å². The van der Waals surface area contributed by atoms with E-state index in [0.29, 0.717) is 73.8 Å². The lowest BCUT2D eigenvalue weighted by Crippen LogP contribution is -2.56. The number of aryl methyl sites for hydroxylation is 1. The number of likely N-dealkylation sites (N-methyl/N-ethyl adjacent to an activating group) is 1. The Morgan fingerprint density at radius 3 is 2.40 bits per heavy atom. The number of hydrogen-bond donors (Lipinski definition) is 3. The molecular formula is C36H43ClF2N9O5+. The molecule has 53 heavy (non-hydrogen) atoms. The number of likely N-dealkylation sites (tertiary alicyclic amines) is 1. The number of nitrogens with two attached hydrogens (primary N) is 1. The van der Waals surface area contributed by atoms with Crippen molar-refractivity contribution in [2.75, 3.05) is 71.9 Å². The van der Waals surface area contributed by atoms with Crippen LogP contribution in [0.15, 0.2) is 42.7 Å². The second-order valence-corrected chi connectivity index (χ2v) is 14.3. The number of carbonyl (C=O) groups excluding carboxylic acids is 3. The number of methoxy groups -OCH3 is 1. The van der Waals surface area contributed by atoms with E-state index >= 15 is 8.78 Å². The molecule has 2 saturated heterocycles. The Morgan fingerprint density at radius 2 is 1.74 bits per heavy atom. The summed E-state index contributed by atoms with van der Waals surface area (Å²) in [7, 11) is 4.99. The zero-order chi connectivity index (χ0) is 38.2. The van der Waals surface area contributed by atoms with E-state index in [2.05, 4.69) is 15.4 Å². The number of nitrogens with zero attached hydrogens (tertiary/aromatic N) is 7. The number of rotatable bonds is 10. The summed E-state index contributed by atoms with van der Waals surface area (Å²) in [5.41, 5.74) is 7.64. The molecule has 0 aliphatic carbocycles. The molecule has 3 amide bonds. The Labute approximate surface area is 310 Å². The Kier molecular flexibility index (Phi) is 11.0. The highest BCUT2D eigenvalue weighted by Crippen LogP contribution is 2.33. The minimum atomic E-state index is -1.09. The largest absolute Gasteiger partial charge is 0.385 e. The highest BCUT2D eigenvalue weighted by molar-refractivity contribution is 6.34. The first kappa shape index (κ1) is 38.0. The molecule has 1 unspecified atom stereocenters. The molecule has 3 atom stereocenters. The molecule has 14 nitrogen and oxygen atoms in total. The first-order valence-electron chi connectivity index (χ1n) is 17.2. The Bertz CT molecular complexity index is 2030. The number of hydrogen-bond acceptors (Lipinski definition) is 8. The maximum atomic E-state index is 15.5. The fourth-order valence-corrected chi connectivity index (χ4v) is 7.30. The zero-order valence-corrected chi connectivity index (χ0v) is 30.7. The number of ether oxygens (including phenoxy) is 1. The van der Waals surface area contributed by atoms with E-state index < -0.39 is 23.6 Å². The summed E-state index contributed by atoms with van der Waals surface area (Å²) in [6.45, 7) is 5.11. The van der Waals surface area contributed by atoms with Crippen molar-refractivity contribution in [3.05, 3.63) is 76.5 Å². The quantitative estimate of drug-likeness (QED) is 0.208. The third-order valence-corrected chi connectivity index (χ3v) is 10.3. The van der Waals surface area contributed by atoms with Gasteiger partial charge in [-0.2, -0.15) is 5.10 Å². The first-order valence-corrected chi connectivity index (χ1v) is 17.6. The molecule has 6 rings (SSSR count). The van der Waals surface area contributed by atoms with Gasteiger partial charge in [-0.05, 0) is 31.2 Å². The molecule has 282 valence electrons. The topological polar surface area (TPSA) is 161 Å². The van der Waals surface area contributed by atoms with Crippen LogP contribution in [0.4, 0.5) is 14.5 Å². The molecule has 4 heterocycles. The Balaban J connectivity index is 1.08. The van der Waals surface area contributed by atoms with E-state index in [4.69, 9.17) is 22.1 Å². The van der Waals surface area contributed by atoms with E-state index in [1.165, 1.54) is 48.1 Å². The molecule has 17 heteroatoms. The molecule has 0 bridgehead atoms. The number of benzene rings is 2. The zero-order valence-electron chi connectivity index (χ0n) is 30.0. The number of imidazole rings is 1. The van der Waals surface area contributed by atoms with Crippen molar-refractivity contribution in [1.29, 1.82) is 0 Å². The van der Waals surface area contributed by atoms with Crippen LogP contribution >= 0.6 is 11.6 Å². The normalized spacial score (nSPS) is 20.2. The summed E-state index contributed by atoms with van der Waals surface area (Å²) in [4.78, 5) is 47.1. The molecule has 4 N–H and O–H groups in total. The predicted octanol–water partition coefficient (Wildman–Crippen LogP) is 2.52. The second kappa shape index (κ2) is 15.3. The van der Waals surface area contributed by atoms with Crippen LogP contribution in [0.25, 0.3) is 22.4 Å². The van der Waals surface area contributed by atoms with Crippen molar-refractivity contribution in [2.24, 2.45) is 12.8 Å². The number of amides is 3. The van der Waals surface area contributed by atoms with Gasteiger partial charge in [0.05, 0.1) is 61.0 Å². The van der Waals surface area contributed by atoms with Gasteiger partial charge in [0.2, 0.25) is 0 Å².